The molecule has 1 saturated heterocycles. The summed E-state index contributed by atoms with van der Waals surface area (Å²) in [6.07, 6.45) is 7.06. The second kappa shape index (κ2) is 9.75. The van der Waals surface area contributed by atoms with Gasteiger partial charge in [0, 0.05) is 25.5 Å². The predicted molar refractivity (Wildman–Crippen MR) is 106 cm³/mol. The van der Waals surface area contributed by atoms with Gasteiger partial charge in [0.2, 0.25) is 0 Å². The van der Waals surface area contributed by atoms with Crippen LogP contribution in [0.25, 0.3) is 0 Å². The van der Waals surface area contributed by atoms with Gasteiger partial charge in [-0.3, -0.25) is 10.4 Å². The van der Waals surface area contributed by atoms with Crippen molar-refractivity contribution in [1.29, 1.82) is 0 Å². The van der Waals surface area contributed by atoms with Crippen molar-refractivity contribution in [2.75, 3.05) is 13.2 Å². The summed E-state index contributed by atoms with van der Waals surface area (Å²) in [4.78, 5) is 15.9. The van der Waals surface area contributed by atoms with Crippen LogP contribution < -0.4 is 15.5 Å². The van der Waals surface area contributed by atoms with Crippen molar-refractivity contribution >= 4 is 29.5 Å². The largest absolute Gasteiger partial charge is 0.423 e. The van der Waals surface area contributed by atoms with E-state index in [0.717, 1.165) is 25.0 Å². The molecule has 0 spiro atoms. The molecule has 2 heterocycles. The van der Waals surface area contributed by atoms with Crippen LogP contribution in [-0.4, -0.2) is 41.5 Å². The molecule has 1 atom stereocenters. The van der Waals surface area contributed by atoms with Gasteiger partial charge in [0.05, 0.1) is 17.9 Å². The van der Waals surface area contributed by atoms with Gasteiger partial charge in [0.15, 0.2) is 5.11 Å². The van der Waals surface area contributed by atoms with E-state index in [4.69, 9.17) is 21.7 Å². The highest BCUT2D eigenvalue weighted by Crippen LogP contribution is 2.13. The van der Waals surface area contributed by atoms with Gasteiger partial charge in [-0.2, -0.15) is 5.10 Å². The summed E-state index contributed by atoms with van der Waals surface area (Å²) in [5.41, 5.74) is 4.00. The lowest BCUT2D eigenvalue weighted by molar-refractivity contribution is 0.0734. The lowest BCUT2D eigenvalue weighted by Crippen LogP contribution is -2.37. The Balaban J connectivity index is 1.43. The lowest BCUT2D eigenvalue weighted by atomic mass is 10.2. The molecule has 0 unspecified atom stereocenters. The highest BCUT2D eigenvalue weighted by Gasteiger charge is 2.15. The molecule has 1 aliphatic rings. The van der Waals surface area contributed by atoms with Crippen LogP contribution in [0.1, 0.15) is 28.8 Å². The van der Waals surface area contributed by atoms with Crippen LogP contribution in [0.15, 0.2) is 53.9 Å². The number of hydrogen-bond acceptors (Lipinski definition) is 6. The summed E-state index contributed by atoms with van der Waals surface area (Å²) in [6.45, 7) is 1.50. The molecule has 1 aromatic carbocycles. The molecule has 3 rings (SSSR count). The van der Waals surface area contributed by atoms with Gasteiger partial charge in [-0.15, -0.1) is 0 Å². The summed E-state index contributed by atoms with van der Waals surface area (Å²) in [6, 6.07) is 10.3. The smallest absolute Gasteiger partial charge is 0.345 e. The molecule has 0 bridgehead atoms. The molecule has 1 fully saturated rings. The second-order valence-corrected chi connectivity index (χ2v) is 6.32. The van der Waals surface area contributed by atoms with E-state index in [9.17, 15) is 4.79 Å². The van der Waals surface area contributed by atoms with Gasteiger partial charge in [-0.1, -0.05) is 0 Å². The number of ether oxygens (including phenoxy) is 2. The number of aromatic nitrogens is 1. The fourth-order valence-electron chi connectivity index (χ4n) is 2.49. The molecule has 27 heavy (non-hydrogen) atoms. The van der Waals surface area contributed by atoms with Crippen molar-refractivity contribution in [2.45, 2.75) is 18.9 Å². The van der Waals surface area contributed by atoms with E-state index in [1.807, 2.05) is 0 Å². The minimum Gasteiger partial charge on any atom is -0.423 e. The summed E-state index contributed by atoms with van der Waals surface area (Å²) >= 11 is 5.16. The topological polar surface area (TPSA) is 84.8 Å². The summed E-state index contributed by atoms with van der Waals surface area (Å²) in [5.74, 6) is -0.00318. The van der Waals surface area contributed by atoms with Gasteiger partial charge < -0.3 is 14.8 Å². The maximum atomic E-state index is 12.0. The molecule has 1 aliphatic heterocycles. The van der Waals surface area contributed by atoms with Gasteiger partial charge in [-0.25, -0.2) is 4.79 Å². The Bertz CT molecular complexity index is 790. The molecule has 0 aliphatic carbocycles. The Kier molecular flexibility index (Phi) is 6.84. The van der Waals surface area contributed by atoms with Crippen molar-refractivity contribution < 1.29 is 14.3 Å². The third-order valence-electron chi connectivity index (χ3n) is 3.88. The molecule has 1 aromatic heterocycles. The number of hydrogen-bond donors (Lipinski definition) is 2. The van der Waals surface area contributed by atoms with Crippen LogP contribution in [0.2, 0.25) is 0 Å². The predicted octanol–water partition coefficient (Wildman–Crippen LogP) is 2.28. The van der Waals surface area contributed by atoms with Crippen molar-refractivity contribution in [3.8, 4) is 5.75 Å². The molecule has 0 amide bonds. The number of esters is 1. The molecular weight excluding hydrogens is 364 g/mol. The first kappa shape index (κ1) is 18.9. The number of nitrogens with zero attached hydrogens (tertiary/aromatic N) is 2. The SMILES string of the molecule is O=C(Oc1ccc(/C=N\NC(=S)NC[C@@H]2CCCO2)cc1)c1cccnc1. The Morgan fingerprint density at radius 3 is 2.93 bits per heavy atom. The van der Waals surface area contributed by atoms with E-state index < -0.39 is 5.97 Å². The summed E-state index contributed by atoms with van der Waals surface area (Å²) in [7, 11) is 0. The number of rotatable bonds is 6. The minimum atomic E-state index is -0.450. The van der Waals surface area contributed by atoms with Crippen LogP contribution in [0, 0.1) is 0 Å². The van der Waals surface area contributed by atoms with E-state index in [1.54, 1.807) is 48.8 Å². The van der Waals surface area contributed by atoms with E-state index in [1.165, 1.54) is 6.20 Å². The van der Waals surface area contributed by atoms with Crippen molar-refractivity contribution in [3.63, 3.8) is 0 Å². The Hall–Kier alpha value is -2.84. The number of thiocarbonyl (C=S) groups is 1. The first-order valence-corrected chi connectivity index (χ1v) is 9.02. The Labute approximate surface area is 162 Å². The Morgan fingerprint density at radius 2 is 2.22 bits per heavy atom. The van der Waals surface area contributed by atoms with E-state index in [-0.39, 0.29) is 6.10 Å². The fraction of sp³-hybridized carbons (Fsp3) is 0.263. The number of carbonyl (C=O) groups is 1. The summed E-state index contributed by atoms with van der Waals surface area (Å²) < 4.78 is 10.8. The fourth-order valence-corrected chi connectivity index (χ4v) is 2.62. The zero-order valence-corrected chi connectivity index (χ0v) is 15.4. The third kappa shape index (κ3) is 6.12. The van der Waals surface area contributed by atoms with Gasteiger partial charge in [-0.05, 0) is 67.0 Å². The molecular formula is C19H20N4O3S. The van der Waals surface area contributed by atoms with Crippen molar-refractivity contribution in [2.24, 2.45) is 5.10 Å². The van der Waals surface area contributed by atoms with Crippen LogP contribution in [-0.2, 0) is 4.74 Å². The monoisotopic (exact) mass is 384 g/mol. The van der Waals surface area contributed by atoms with Crippen LogP contribution in [0.5, 0.6) is 5.75 Å². The Morgan fingerprint density at radius 1 is 1.37 bits per heavy atom. The molecule has 140 valence electrons. The van der Waals surface area contributed by atoms with Gasteiger partial charge >= 0.3 is 5.97 Å². The van der Waals surface area contributed by atoms with Crippen molar-refractivity contribution in [1.82, 2.24) is 15.7 Å². The minimum absolute atomic E-state index is 0.218. The second-order valence-electron chi connectivity index (χ2n) is 5.92. The van der Waals surface area contributed by atoms with E-state index in [0.29, 0.717) is 23.0 Å². The average Bonchev–Trinajstić information content (AvgIpc) is 3.22. The quantitative estimate of drug-likeness (QED) is 0.260. The lowest BCUT2D eigenvalue weighted by Gasteiger charge is -2.11. The number of pyridine rings is 1. The maximum absolute atomic E-state index is 12.0. The molecule has 7 nitrogen and oxygen atoms in total. The first-order chi connectivity index (χ1) is 13.2. The first-order valence-electron chi connectivity index (χ1n) is 8.61. The van der Waals surface area contributed by atoms with Gasteiger partial charge in [0.25, 0.3) is 0 Å². The molecule has 8 heteroatoms. The van der Waals surface area contributed by atoms with E-state index >= 15 is 0 Å². The third-order valence-corrected chi connectivity index (χ3v) is 4.12. The number of benzene rings is 1. The maximum Gasteiger partial charge on any atom is 0.345 e. The van der Waals surface area contributed by atoms with Crippen LogP contribution in [0.4, 0.5) is 0 Å². The molecule has 2 aromatic rings. The van der Waals surface area contributed by atoms with E-state index in [2.05, 4.69) is 20.8 Å². The number of hydrazone groups is 1. The molecule has 0 radical (unpaired) electrons. The van der Waals surface area contributed by atoms with Gasteiger partial charge in [0.1, 0.15) is 5.75 Å². The van der Waals surface area contributed by atoms with Crippen molar-refractivity contribution in [3.05, 3.63) is 59.9 Å². The molecule has 0 saturated carbocycles. The zero-order chi connectivity index (χ0) is 18.9. The zero-order valence-electron chi connectivity index (χ0n) is 14.6. The highest BCUT2D eigenvalue weighted by molar-refractivity contribution is 7.80. The number of nitrogens with one attached hydrogen (secondary N) is 2. The number of carbonyl (C=O) groups excluding carboxylic acids is 1. The standard InChI is InChI=1S/C19H20N4O3S/c24-18(15-3-1-9-20-12-15)26-16-7-5-14(6-8-16)11-22-23-19(27)21-13-17-4-2-10-25-17/h1,3,5-9,11-12,17H,2,4,10,13H2,(H2,21,23,27)/b22-11-/t17-/m0/s1. The molecule has 2 N–H and O–H groups in total. The summed E-state index contributed by atoms with van der Waals surface area (Å²) in [5, 5.41) is 7.61. The average molecular weight is 384 g/mol. The normalized spacial score (nSPS) is 16.2. The van der Waals surface area contributed by atoms with Crippen LogP contribution >= 0.6 is 12.2 Å². The highest BCUT2D eigenvalue weighted by atomic mass is 32.1. The van der Waals surface area contributed by atoms with Crippen LogP contribution in [0.3, 0.4) is 0 Å².